The molecule has 0 saturated heterocycles. The molecule has 1 aliphatic carbocycles. The smallest absolute Gasteiger partial charge is 0.136 e. The lowest BCUT2D eigenvalue weighted by Crippen LogP contribution is -2.35. The van der Waals surface area contributed by atoms with Gasteiger partial charge < -0.3 is 9.90 Å². The predicted molar refractivity (Wildman–Crippen MR) is 56.4 cm³/mol. The summed E-state index contributed by atoms with van der Waals surface area (Å²) in [5.74, 6) is -2.04. The first kappa shape index (κ1) is 10.9. The fraction of sp³-hybridized carbons (Fsp3) is 0.385. The molecule has 0 aromatic heterocycles. The number of carboxylic acids is 1. The maximum Gasteiger partial charge on any atom is 0.136 e. The molecule has 84 valence electrons. The monoisotopic (exact) mass is 217 g/mol. The van der Waals surface area contributed by atoms with E-state index in [0.717, 1.165) is 5.56 Å². The molecular weight excluding hydrogens is 204 g/mol. The van der Waals surface area contributed by atoms with E-state index in [1.165, 1.54) is 0 Å². The molecule has 3 nitrogen and oxygen atoms in total. The van der Waals surface area contributed by atoms with E-state index in [2.05, 4.69) is 0 Å². The van der Waals surface area contributed by atoms with Gasteiger partial charge in [0, 0.05) is 24.2 Å². The highest BCUT2D eigenvalue weighted by Crippen LogP contribution is 2.31. The number of Topliss-reactive ketones (excluding diaryl/α,β-unsaturated/α-hetero) is 1. The number of carbonyl (C=O) groups excluding carboxylic acids is 2. The first-order valence-corrected chi connectivity index (χ1v) is 5.46. The summed E-state index contributed by atoms with van der Waals surface area (Å²) in [6, 6.07) is 9.51. The number of hydrogen-bond acceptors (Lipinski definition) is 3. The average Bonchev–Trinajstić information content (AvgIpc) is 2.62. The van der Waals surface area contributed by atoms with Crippen molar-refractivity contribution >= 4 is 11.8 Å². The van der Waals surface area contributed by atoms with E-state index in [1.54, 1.807) is 0 Å². The van der Waals surface area contributed by atoms with E-state index in [1.807, 2.05) is 30.3 Å². The lowest BCUT2D eigenvalue weighted by Gasteiger charge is -2.19. The van der Waals surface area contributed by atoms with Crippen LogP contribution in [0.1, 0.15) is 18.4 Å². The number of hydrogen-bond donors (Lipinski definition) is 0. The Balaban J connectivity index is 2.13. The van der Waals surface area contributed by atoms with Crippen LogP contribution in [0.3, 0.4) is 0 Å². The standard InChI is InChI=1S/C13H14O3/c14-12-7-6-10(13(15)16)11(12)8-9-4-2-1-3-5-9/h1-5,10-11H,6-8H2,(H,15,16)/p-1/t10-,11-/m0/s1. The number of rotatable bonds is 3. The molecule has 0 amide bonds. The molecule has 1 aromatic carbocycles. The Kier molecular flexibility index (Phi) is 3.04. The number of benzene rings is 1. The van der Waals surface area contributed by atoms with Crippen molar-refractivity contribution in [1.82, 2.24) is 0 Å². The molecule has 1 saturated carbocycles. The highest BCUT2D eigenvalue weighted by Gasteiger charge is 2.35. The van der Waals surface area contributed by atoms with Gasteiger partial charge >= 0.3 is 0 Å². The van der Waals surface area contributed by atoms with E-state index >= 15 is 0 Å². The van der Waals surface area contributed by atoms with Crippen LogP contribution in [-0.4, -0.2) is 11.8 Å². The van der Waals surface area contributed by atoms with Crippen LogP contribution in [0.4, 0.5) is 0 Å². The molecule has 1 fully saturated rings. The molecule has 2 atom stereocenters. The Bertz CT molecular complexity index is 397. The minimum absolute atomic E-state index is 0.0538. The molecule has 0 unspecified atom stereocenters. The van der Waals surface area contributed by atoms with Gasteiger partial charge in [0.1, 0.15) is 5.78 Å². The normalized spacial score (nSPS) is 24.6. The predicted octanol–water partition coefficient (Wildman–Crippen LogP) is 0.574. The van der Waals surface area contributed by atoms with Gasteiger partial charge in [0.15, 0.2) is 0 Å². The quantitative estimate of drug-likeness (QED) is 0.744. The van der Waals surface area contributed by atoms with Crippen molar-refractivity contribution in [2.75, 3.05) is 0 Å². The number of carboxylic acid groups (broad SMARTS) is 1. The van der Waals surface area contributed by atoms with E-state index in [-0.39, 0.29) is 5.78 Å². The van der Waals surface area contributed by atoms with Gasteiger partial charge in [-0.25, -0.2) is 0 Å². The SMILES string of the molecule is O=C([O-])[C@H]1CCC(=O)[C@H]1Cc1ccccc1. The molecule has 0 bridgehead atoms. The van der Waals surface area contributed by atoms with Crippen molar-refractivity contribution in [2.24, 2.45) is 11.8 Å². The van der Waals surface area contributed by atoms with Crippen LogP contribution < -0.4 is 5.11 Å². The van der Waals surface area contributed by atoms with Crippen LogP contribution in [0.2, 0.25) is 0 Å². The van der Waals surface area contributed by atoms with E-state index in [4.69, 9.17) is 0 Å². The van der Waals surface area contributed by atoms with Crippen molar-refractivity contribution in [1.29, 1.82) is 0 Å². The summed E-state index contributed by atoms with van der Waals surface area (Å²) in [7, 11) is 0. The Labute approximate surface area is 94.1 Å². The lowest BCUT2D eigenvalue weighted by molar-refractivity contribution is -0.312. The highest BCUT2D eigenvalue weighted by atomic mass is 16.4. The fourth-order valence-corrected chi connectivity index (χ4v) is 2.31. The molecule has 3 heteroatoms. The van der Waals surface area contributed by atoms with Crippen molar-refractivity contribution in [3.05, 3.63) is 35.9 Å². The van der Waals surface area contributed by atoms with Crippen molar-refractivity contribution in [2.45, 2.75) is 19.3 Å². The molecule has 0 aliphatic heterocycles. The Morgan fingerprint density at radius 2 is 2.00 bits per heavy atom. The van der Waals surface area contributed by atoms with Gasteiger partial charge in [-0.15, -0.1) is 0 Å². The van der Waals surface area contributed by atoms with Gasteiger partial charge in [0.2, 0.25) is 0 Å². The lowest BCUT2D eigenvalue weighted by atomic mass is 9.89. The molecule has 16 heavy (non-hydrogen) atoms. The molecular formula is C13H13O3-. The van der Waals surface area contributed by atoms with Crippen molar-refractivity contribution in [3.8, 4) is 0 Å². The van der Waals surface area contributed by atoms with E-state index < -0.39 is 17.8 Å². The van der Waals surface area contributed by atoms with Crippen LogP contribution >= 0.6 is 0 Å². The number of ketones is 1. The second kappa shape index (κ2) is 4.47. The molecule has 0 N–H and O–H groups in total. The molecule has 0 heterocycles. The molecule has 0 spiro atoms. The summed E-state index contributed by atoms with van der Waals surface area (Å²) in [5, 5.41) is 10.9. The fourth-order valence-electron chi connectivity index (χ4n) is 2.31. The van der Waals surface area contributed by atoms with Gasteiger partial charge in [-0.2, -0.15) is 0 Å². The maximum absolute atomic E-state index is 11.6. The van der Waals surface area contributed by atoms with E-state index in [9.17, 15) is 14.7 Å². The summed E-state index contributed by atoms with van der Waals surface area (Å²) in [6.07, 6.45) is 1.31. The summed E-state index contributed by atoms with van der Waals surface area (Å²) in [5.41, 5.74) is 1.01. The average molecular weight is 217 g/mol. The summed E-state index contributed by atoms with van der Waals surface area (Å²) in [6.45, 7) is 0. The third kappa shape index (κ3) is 2.13. The Morgan fingerprint density at radius 1 is 1.31 bits per heavy atom. The summed E-state index contributed by atoms with van der Waals surface area (Å²) >= 11 is 0. The van der Waals surface area contributed by atoms with Gasteiger partial charge in [-0.3, -0.25) is 4.79 Å². The highest BCUT2D eigenvalue weighted by molar-refractivity contribution is 5.89. The first-order valence-electron chi connectivity index (χ1n) is 5.46. The topological polar surface area (TPSA) is 57.2 Å². The number of aliphatic carboxylic acids is 1. The van der Waals surface area contributed by atoms with Crippen LogP contribution in [0, 0.1) is 11.8 Å². The minimum atomic E-state index is -1.09. The van der Waals surface area contributed by atoms with Gasteiger partial charge in [0.25, 0.3) is 0 Å². The zero-order chi connectivity index (χ0) is 11.5. The van der Waals surface area contributed by atoms with Crippen LogP contribution in [0.15, 0.2) is 30.3 Å². The van der Waals surface area contributed by atoms with Crippen LogP contribution in [0.5, 0.6) is 0 Å². The minimum Gasteiger partial charge on any atom is -0.550 e. The Morgan fingerprint density at radius 3 is 2.62 bits per heavy atom. The number of carbonyl (C=O) groups is 2. The van der Waals surface area contributed by atoms with Crippen LogP contribution in [-0.2, 0) is 16.0 Å². The van der Waals surface area contributed by atoms with Gasteiger partial charge in [0.05, 0.1) is 0 Å². The van der Waals surface area contributed by atoms with Gasteiger partial charge in [-0.1, -0.05) is 30.3 Å². The second-order valence-corrected chi connectivity index (χ2v) is 4.23. The second-order valence-electron chi connectivity index (χ2n) is 4.23. The first-order chi connectivity index (χ1) is 7.68. The van der Waals surface area contributed by atoms with Crippen molar-refractivity contribution < 1.29 is 14.7 Å². The largest absolute Gasteiger partial charge is 0.550 e. The van der Waals surface area contributed by atoms with Gasteiger partial charge in [-0.05, 0) is 18.4 Å². The Hall–Kier alpha value is -1.64. The third-order valence-electron chi connectivity index (χ3n) is 3.20. The molecule has 1 aromatic rings. The molecule has 2 rings (SSSR count). The summed E-state index contributed by atoms with van der Waals surface area (Å²) < 4.78 is 0. The molecule has 1 aliphatic rings. The summed E-state index contributed by atoms with van der Waals surface area (Å²) in [4.78, 5) is 22.5. The molecule has 0 radical (unpaired) electrons. The maximum atomic E-state index is 11.6. The third-order valence-corrected chi connectivity index (χ3v) is 3.20. The van der Waals surface area contributed by atoms with Crippen molar-refractivity contribution in [3.63, 3.8) is 0 Å². The zero-order valence-corrected chi connectivity index (χ0v) is 8.89. The van der Waals surface area contributed by atoms with E-state index in [0.29, 0.717) is 19.3 Å². The van der Waals surface area contributed by atoms with Crippen LogP contribution in [0.25, 0.3) is 0 Å². The zero-order valence-electron chi connectivity index (χ0n) is 8.89.